The molecule has 4 heterocycles. The number of benzene rings is 1. The number of nitrogens with zero attached hydrogens (tertiary/aromatic N) is 5. The predicted molar refractivity (Wildman–Crippen MR) is 102 cm³/mol. The number of alkyl halides is 3. The van der Waals surface area contributed by atoms with Gasteiger partial charge in [0.05, 0.1) is 24.6 Å². The monoisotopic (exact) mass is 415 g/mol. The molecule has 0 spiro atoms. The highest BCUT2D eigenvalue weighted by atomic mass is 19.4. The summed E-state index contributed by atoms with van der Waals surface area (Å²) in [5.74, 6) is 0.930. The first-order valence-electron chi connectivity index (χ1n) is 9.16. The number of ether oxygens (including phenoxy) is 1. The molecule has 30 heavy (non-hydrogen) atoms. The summed E-state index contributed by atoms with van der Waals surface area (Å²) in [6, 6.07) is 3.76. The van der Waals surface area contributed by atoms with Gasteiger partial charge < -0.3 is 9.64 Å². The van der Waals surface area contributed by atoms with Crippen molar-refractivity contribution in [1.29, 1.82) is 0 Å². The molecule has 0 fully saturated rings. The Morgan fingerprint density at radius 2 is 1.90 bits per heavy atom. The number of rotatable bonds is 3. The molecular weight excluding hydrogens is 399 g/mol. The van der Waals surface area contributed by atoms with Crippen molar-refractivity contribution in [2.24, 2.45) is 0 Å². The summed E-state index contributed by atoms with van der Waals surface area (Å²) in [5, 5.41) is 15.5. The average Bonchev–Trinajstić information content (AvgIpc) is 3.39. The average molecular weight is 415 g/mol. The topological polar surface area (TPSA) is 95.6 Å². The van der Waals surface area contributed by atoms with E-state index in [0.29, 0.717) is 25.3 Å². The summed E-state index contributed by atoms with van der Waals surface area (Å²) in [7, 11) is 1.59. The van der Waals surface area contributed by atoms with Crippen LogP contribution in [0.4, 0.5) is 19.1 Å². The van der Waals surface area contributed by atoms with Gasteiger partial charge in [-0.3, -0.25) is 10.2 Å². The first-order chi connectivity index (χ1) is 14.5. The van der Waals surface area contributed by atoms with E-state index in [9.17, 15) is 13.2 Å². The molecule has 0 saturated carbocycles. The maximum atomic E-state index is 12.8. The summed E-state index contributed by atoms with van der Waals surface area (Å²) < 4.78 is 43.7. The number of nitrogens with one attached hydrogen (secondary N) is 2. The van der Waals surface area contributed by atoms with Crippen molar-refractivity contribution in [3.8, 4) is 17.0 Å². The highest BCUT2D eigenvalue weighted by molar-refractivity contribution is 5.97. The van der Waals surface area contributed by atoms with Gasteiger partial charge in [0, 0.05) is 54.1 Å². The predicted octanol–water partition coefficient (Wildman–Crippen LogP) is 3.33. The zero-order valence-corrected chi connectivity index (χ0v) is 15.8. The van der Waals surface area contributed by atoms with Crippen LogP contribution in [0.3, 0.4) is 0 Å². The fourth-order valence-corrected chi connectivity index (χ4v) is 3.71. The maximum Gasteiger partial charge on any atom is 0.419 e. The number of H-pyrrole nitrogens is 2. The van der Waals surface area contributed by atoms with Crippen molar-refractivity contribution in [3.05, 3.63) is 47.5 Å². The molecule has 1 aliphatic heterocycles. The van der Waals surface area contributed by atoms with Gasteiger partial charge in [0.25, 0.3) is 0 Å². The second-order valence-corrected chi connectivity index (χ2v) is 6.94. The lowest BCUT2D eigenvalue weighted by molar-refractivity contribution is -0.138. The molecule has 0 bridgehead atoms. The molecule has 5 rings (SSSR count). The third kappa shape index (κ3) is 2.93. The lowest BCUT2D eigenvalue weighted by atomic mass is 9.99. The van der Waals surface area contributed by atoms with Gasteiger partial charge in [0.15, 0.2) is 0 Å². The smallest absolute Gasteiger partial charge is 0.419 e. The van der Waals surface area contributed by atoms with Crippen molar-refractivity contribution in [2.45, 2.75) is 19.1 Å². The van der Waals surface area contributed by atoms with Crippen LogP contribution in [0.15, 0.2) is 30.7 Å². The highest BCUT2D eigenvalue weighted by Crippen LogP contribution is 2.36. The van der Waals surface area contributed by atoms with Crippen molar-refractivity contribution >= 4 is 16.9 Å². The summed E-state index contributed by atoms with van der Waals surface area (Å²) in [6.07, 6.45) is -0.472. The molecule has 2 N–H and O–H groups in total. The van der Waals surface area contributed by atoms with Crippen LogP contribution in [-0.2, 0) is 19.1 Å². The van der Waals surface area contributed by atoms with E-state index < -0.39 is 11.7 Å². The fraction of sp³-hybridized carbons (Fsp3) is 0.263. The van der Waals surface area contributed by atoms with Crippen LogP contribution in [0.2, 0.25) is 0 Å². The summed E-state index contributed by atoms with van der Waals surface area (Å²) in [4.78, 5) is 9.70. The quantitative estimate of drug-likeness (QED) is 0.533. The van der Waals surface area contributed by atoms with Crippen LogP contribution in [0.1, 0.15) is 16.8 Å². The maximum absolute atomic E-state index is 12.8. The number of aromatic nitrogens is 6. The number of hydrogen-bond acceptors (Lipinski definition) is 6. The first-order valence-corrected chi connectivity index (χ1v) is 9.16. The highest BCUT2D eigenvalue weighted by Gasteiger charge is 2.32. The minimum atomic E-state index is -4.46. The van der Waals surface area contributed by atoms with Gasteiger partial charge in [-0.1, -0.05) is 0 Å². The molecule has 154 valence electrons. The van der Waals surface area contributed by atoms with Gasteiger partial charge in [0.2, 0.25) is 5.95 Å². The lowest BCUT2D eigenvalue weighted by Crippen LogP contribution is -2.31. The third-order valence-electron chi connectivity index (χ3n) is 5.23. The molecule has 11 heteroatoms. The van der Waals surface area contributed by atoms with Crippen molar-refractivity contribution in [3.63, 3.8) is 0 Å². The van der Waals surface area contributed by atoms with E-state index in [2.05, 4.69) is 30.4 Å². The van der Waals surface area contributed by atoms with Gasteiger partial charge >= 0.3 is 6.18 Å². The molecular formula is C19H16F3N7O. The fourth-order valence-electron chi connectivity index (χ4n) is 3.71. The van der Waals surface area contributed by atoms with Crippen LogP contribution in [0.25, 0.3) is 22.2 Å². The first kappa shape index (κ1) is 18.4. The van der Waals surface area contributed by atoms with Crippen LogP contribution in [0, 0.1) is 0 Å². The number of fused-ring (bicyclic) bond motifs is 2. The molecule has 3 aromatic heterocycles. The number of aromatic amines is 2. The van der Waals surface area contributed by atoms with Crippen LogP contribution >= 0.6 is 0 Å². The van der Waals surface area contributed by atoms with Crippen LogP contribution < -0.4 is 9.64 Å². The third-order valence-corrected chi connectivity index (χ3v) is 5.23. The van der Waals surface area contributed by atoms with Crippen LogP contribution in [-0.4, -0.2) is 44.0 Å². The number of anilines is 1. The number of hydrogen-bond donors (Lipinski definition) is 2. The molecule has 0 radical (unpaired) electrons. The van der Waals surface area contributed by atoms with E-state index in [1.54, 1.807) is 13.3 Å². The molecule has 0 amide bonds. The Balaban J connectivity index is 1.50. The second kappa shape index (κ2) is 6.71. The Morgan fingerprint density at radius 1 is 1.10 bits per heavy atom. The second-order valence-electron chi connectivity index (χ2n) is 6.94. The standard InChI is InChI=1S/C19H16F3N7O/c1-30-15-3-2-11(12-8-25-27-17(12)15)16-13-9-29(5-4-14(13)26-28-16)18-23-6-10(7-24-18)19(20,21)22/h2-3,6-8H,4-5,9H2,1H3,(H,25,27)(H,26,28). The Labute approximate surface area is 168 Å². The number of halogens is 3. The summed E-state index contributed by atoms with van der Waals surface area (Å²) in [6.45, 7) is 1.00. The lowest BCUT2D eigenvalue weighted by Gasteiger charge is -2.27. The van der Waals surface area contributed by atoms with E-state index in [-0.39, 0.29) is 5.95 Å². The molecule has 4 aromatic rings. The Morgan fingerprint density at radius 3 is 2.63 bits per heavy atom. The minimum Gasteiger partial charge on any atom is -0.494 e. The molecule has 1 aromatic carbocycles. The SMILES string of the molecule is COc1ccc(-c2n[nH]c3c2CN(c2ncc(C(F)(F)F)cn2)CC3)c2cn[nH]c12. The van der Waals surface area contributed by atoms with Crippen molar-refractivity contribution in [2.75, 3.05) is 18.6 Å². The Hall–Kier alpha value is -3.63. The molecule has 8 nitrogen and oxygen atoms in total. The molecule has 0 atom stereocenters. The normalized spacial score (nSPS) is 14.2. The van der Waals surface area contributed by atoms with E-state index in [0.717, 1.165) is 45.8 Å². The minimum absolute atomic E-state index is 0.254. The zero-order valence-electron chi connectivity index (χ0n) is 15.8. The van der Waals surface area contributed by atoms with Gasteiger partial charge in [-0.15, -0.1) is 0 Å². The molecule has 0 unspecified atom stereocenters. The Bertz CT molecular complexity index is 1210. The zero-order chi connectivity index (χ0) is 20.9. The van der Waals surface area contributed by atoms with E-state index >= 15 is 0 Å². The number of methoxy groups -OCH3 is 1. The summed E-state index contributed by atoms with van der Waals surface area (Å²) >= 11 is 0. The summed E-state index contributed by atoms with van der Waals surface area (Å²) in [5.41, 5.74) is 3.49. The molecule has 0 saturated heterocycles. The van der Waals surface area contributed by atoms with Gasteiger partial charge in [-0.25, -0.2) is 9.97 Å². The van der Waals surface area contributed by atoms with E-state index in [1.807, 2.05) is 17.0 Å². The van der Waals surface area contributed by atoms with Gasteiger partial charge in [-0.05, 0) is 12.1 Å². The van der Waals surface area contributed by atoms with E-state index in [1.165, 1.54) is 0 Å². The van der Waals surface area contributed by atoms with Crippen LogP contribution in [0.5, 0.6) is 5.75 Å². The molecule has 1 aliphatic rings. The Kier molecular flexibility index (Phi) is 4.12. The van der Waals surface area contributed by atoms with Gasteiger partial charge in [0.1, 0.15) is 11.3 Å². The molecule has 0 aliphatic carbocycles. The van der Waals surface area contributed by atoms with E-state index in [4.69, 9.17) is 4.74 Å². The van der Waals surface area contributed by atoms with Gasteiger partial charge in [-0.2, -0.15) is 23.4 Å². The van der Waals surface area contributed by atoms with Crippen molar-refractivity contribution < 1.29 is 17.9 Å². The van der Waals surface area contributed by atoms with Crippen molar-refractivity contribution in [1.82, 2.24) is 30.4 Å². The largest absolute Gasteiger partial charge is 0.494 e.